The van der Waals surface area contributed by atoms with Crippen molar-refractivity contribution in [2.24, 2.45) is 0 Å². The predicted octanol–water partition coefficient (Wildman–Crippen LogP) is 3.43. The SMILES string of the molecule is CS(=O)(=O)c1ccc(CN2CCN(c3cccc(C(F)(F)F)c3)CC2)cc1. The second-order valence-corrected chi connectivity index (χ2v) is 8.74. The molecule has 3 rings (SSSR count). The van der Waals surface area contributed by atoms with Crippen LogP contribution in [0.15, 0.2) is 53.4 Å². The first-order valence-corrected chi connectivity index (χ1v) is 10.5. The van der Waals surface area contributed by atoms with Crippen molar-refractivity contribution in [1.29, 1.82) is 0 Å². The summed E-state index contributed by atoms with van der Waals surface area (Å²) in [4.78, 5) is 4.46. The second kappa shape index (κ2) is 7.52. The normalized spacial score (nSPS) is 16.5. The zero-order chi connectivity index (χ0) is 19.7. The van der Waals surface area contributed by atoms with Crippen LogP contribution in [0.3, 0.4) is 0 Å². The van der Waals surface area contributed by atoms with Crippen molar-refractivity contribution in [3.63, 3.8) is 0 Å². The molecule has 146 valence electrons. The fourth-order valence-corrected chi connectivity index (χ4v) is 3.77. The summed E-state index contributed by atoms with van der Waals surface area (Å²) in [5, 5.41) is 0. The summed E-state index contributed by atoms with van der Waals surface area (Å²) in [5.74, 6) is 0. The maximum absolute atomic E-state index is 12.9. The minimum Gasteiger partial charge on any atom is -0.369 e. The molecule has 8 heteroatoms. The van der Waals surface area contributed by atoms with Crippen LogP contribution >= 0.6 is 0 Å². The standard InChI is InChI=1S/C19H21F3N2O2S/c1-27(25,26)18-7-5-15(6-8-18)14-23-9-11-24(12-10-23)17-4-2-3-16(13-17)19(20,21)22/h2-8,13H,9-12,14H2,1H3. The van der Waals surface area contributed by atoms with Crippen LogP contribution in [0.5, 0.6) is 0 Å². The molecule has 0 amide bonds. The summed E-state index contributed by atoms with van der Waals surface area (Å²) < 4.78 is 61.6. The van der Waals surface area contributed by atoms with Crippen LogP contribution < -0.4 is 4.90 Å². The number of alkyl halides is 3. The second-order valence-electron chi connectivity index (χ2n) is 6.73. The monoisotopic (exact) mass is 398 g/mol. The number of benzene rings is 2. The van der Waals surface area contributed by atoms with Gasteiger partial charge in [0.1, 0.15) is 0 Å². The molecule has 0 radical (unpaired) electrons. The Balaban J connectivity index is 1.59. The molecular weight excluding hydrogens is 377 g/mol. The summed E-state index contributed by atoms with van der Waals surface area (Å²) in [6.45, 7) is 3.42. The minimum atomic E-state index is -4.34. The third kappa shape index (κ3) is 5.01. The number of hydrogen-bond donors (Lipinski definition) is 0. The number of nitrogens with zero attached hydrogens (tertiary/aromatic N) is 2. The predicted molar refractivity (Wildman–Crippen MR) is 98.5 cm³/mol. The fraction of sp³-hybridized carbons (Fsp3) is 0.368. The van der Waals surface area contributed by atoms with E-state index in [-0.39, 0.29) is 0 Å². The van der Waals surface area contributed by atoms with Crippen molar-refractivity contribution in [2.75, 3.05) is 37.3 Å². The van der Waals surface area contributed by atoms with Gasteiger partial charge in [0.25, 0.3) is 0 Å². The van der Waals surface area contributed by atoms with E-state index in [4.69, 9.17) is 0 Å². The van der Waals surface area contributed by atoms with Crippen LogP contribution in [0.25, 0.3) is 0 Å². The van der Waals surface area contributed by atoms with Crippen LogP contribution in [0.2, 0.25) is 0 Å². The van der Waals surface area contributed by atoms with Crippen molar-refractivity contribution in [3.05, 3.63) is 59.7 Å². The van der Waals surface area contributed by atoms with Crippen molar-refractivity contribution < 1.29 is 21.6 Å². The van der Waals surface area contributed by atoms with Crippen LogP contribution in [-0.4, -0.2) is 45.8 Å². The number of rotatable bonds is 4. The van der Waals surface area contributed by atoms with E-state index in [2.05, 4.69) is 4.90 Å². The summed E-state index contributed by atoms with van der Waals surface area (Å²) in [6.07, 6.45) is -3.16. The lowest BCUT2D eigenvalue weighted by molar-refractivity contribution is -0.137. The zero-order valence-electron chi connectivity index (χ0n) is 14.9. The van der Waals surface area contributed by atoms with Gasteiger partial charge in [-0.1, -0.05) is 18.2 Å². The molecule has 1 aliphatic heterocycles. The molecule has 0 unspecified atom stereocenters. The molecule has 2 aromatic rings. The molecule has 2 aromatic carbocycles. The van der Waals surface area contributed by atoms with Crippen molar-refractivity contribution in [1.82, 2.24) is 4.90 Å². The molecule has 1 aliphatic rings. The number of sulfone groups is 1. The first kappa shape index (κ1) is 19.7. The topological polar surface area (TPSA) is 40.6 Å². The Morgan fingerprint density at radius 2 is 1.59 bits per heavy atom. The molecule has 4 nitrogen and oxygen atoms in total. The van der Waals surface area contributed by atoms with Crippen molar-refractivity contribution in [2.45, 2.75) is 17.6 Å². The van der Waals surface area contributed by atoms with Gasteiger partial charge in [-0.2, -0.15) is 13.2 Å². The van der Waals surface area contributed by atoms with E-state index in [1.54, 1.807) is 30.3 Å². The van der Waals surface area contributed by atoms with E-state index >= 15 is 0 Å². The highest BCUT2D eigenvalue weighted by atomic mass is 32.2. The quantitative estimate of drug-likeness (QED) is 0.791. The third-order valence-electron chi connectivity index (χ3n) is 4.67. The Bertz CT molecular complexity index is 888. The van der Waals surface area contributed by atoms with Crippen LogP contribution in [0.4, 0.5) is 18.9 Å². The highest BCUT2D eigenvalue weighted by Crippen LogP contribution is 2.31. The van der Waals surface area contributed by atoms with Gasteiger partial charge in [0.15, 0.2) is 9.84 Å². The Morgan fingerprint density at radius 3 is 2.15 bits per heavy atom. The van der Waals surface area contributed by atoms with Gasteiger partial charge >= 0.3 is 6.18 Å². The van der Waals surface area contributed by atoms with Gasteiger partial charge in [0.05, 0.1) is 10.5 Å². The van der Waals surface area contributed by atoms with Crippen LogP contribution in [0.1, 0.15) is 11.1 Å². The molecule has 0 spiro atoms. The fourth-order valence-electron chi connectivity index (χ4n) is 3.14. The largest absolute Gasteiger partial charge is 0.416 e. The number of piperazine rings is 1. The van der Waals surface area contributed by atoms with E-state index in [9.17, 15) is 21.6 Å². The van der Waals surface area contributed by atoms with Crippen LogP contribution in [0, 0.1) is 0 Å². The highest BCUT2D eigenvalue weighted by Gasteiger charge is 2.31. The number of halogens is 3. The molecule has 0 N–H and O–H groups in total. The molecule has 0 saturated carbocycles. The van der Waals surface area contributed by atoms with Gasteiger partial charge in [-0.05, 0) is 35.9 Å². The Hall–Kier alpha value is -2.06. The van der Waals surface area contributed by atoms with Gasteiger partial charge in [0, 0.05) is 44.7 Å². The van der Waals surface area contributed by atoms with Crippen molar-refractivity contribution in [3.8, 4) is 0 Å². The van der Waals surface area contributed by atoms with Gasteiger partial charge in [-0.15, -0.1) is 0 Å². The maximum Gasteiger partial charge on any atom is 0.416 e. The molecule has 0 atom stereocenters. The average molecular weight is 398 g/mol. The van der Waals surface area contributed by atoms with E-state index in [0.29, 0.717) is 30.2 Å². The number of hydrogen-bond acceptors (Lipinski definition) is 4. The van der Waals surface area contributed by atoms with Crippen molar-refractivity contribution >= 4 is 15.5 Å². The summed E-state index contributed by atoms with van der Waals surface area (Å²) in [7, 11) is -3.21. The van der Waals surface area contributed by atoms with E-state index in [1.165, 1.54) is 18.4 Å². The Labute approximate surface area is 157 Å². The molecule has 0 aromatic heterocycles. The van der Waals surface area contributed by atoms with Gasteiger partial charge < -0.3 is 4.90 Å². The Morgan fingerprint density at radius 1 is 0.963 bits per heavy atom. The first-order valence-electron chi connectivity index (χ1n) is 8.56. The summed E-state index contributed by atoms with van der Waals surface area (Å²) in [6, 6.07) is 12.2. The maximum atomic E-state index is 12.9. The summed E-state index contributed by atoms with van der Waals surface area (Å²) in [5.41, 5.74) is 0.963. The Kier molecular flexibility index (Phi) is 5.48. The lowest BCUT2D eigenvalue weighted by Crippen LogP contribution is -2.46. The smallest absolute Gasteiger partial charge is 0.369 e. The van der Waals surface area contributed by atoms with E-state index < -0.39 is 21.6 Å². The van der Waals surface area contributed by atoms with Gasteiger partial charge in [-0.25, -0.2) is 8.42 Å². The first-order chi connectivity index (χ1) is 12.6. The lowest BCUT2D eigenvalue weighted by atomic mass is 10.1. The average Bonchev–Trinajstić information content (AvgIpc) is 2.61. The molecule has 1 heterocycles. The van der Waals surface area contributed by atoms with E-state index in [1.807, 2.05) is 4.90 Å². The minimum absolute atomic E-state index is 0.292. The van der Waals surface area contributed by atoms with Gasteiger partial charge in [-0.3, -0.25) is 4.90 Å². The van der Waals surface area contributed by atoms with Crippen LogP contribution in [-0.2, 0) is 22.6 Å². The molecule has 1 fully saturated rings. The third-order valence-corrected chi connectivity index (χ3v) is 5.80. The molecule has 0 aliphatic carbocycles. The molecule has 27 heavy (non-hydrogen) atoms. The molecule has 1 saturated heterocycles. The highest BCUT2D eigenvalue weighted by molar-refractivity contribution is 7.90. The van der Waals surface area contributed by atoms with E-state index in [0.717, 1.165) is 24.7 Å². The molecule has 0 bridgehead atoms. The molecular formula is C19H21F3N2O2S. The van der Waals surface area contributed by atoms with Gasteiger partial charge in [0.2, 0.25) is 0 Å². The lowest BCUT2D eigenvalue weighted by Gasteiger charge is -2.36. The number of anilines is 1. The zero-order valence-corrected chi connectivity index (χ0v) is 15.7. The summed E-state index contributed by atoms with van der Waals surface area (Å²) >= 11 is 0.